The zero-order chi connectivity index (χ0) is 16.9. The van der Waals surface area contributed by atoms with E-state index >= 15 is 0 Å². The van der Waals surface area contributed by atoms with E-state index in [4.69, 9.17) is 0 Å². The lowest BCUT2D eigenvalue weighted by Crippen LogP contribution is -2.50. The van der Waals surface area contributed by atoms with Gasteiger partial charge in [0.2, 0.25) is 11.7 Å². The Balaban J connectivity index is 1.52. The zero-order valence-electron chi connectivity index (χ0n) is 13.4. The van der Waals surface area contributed by atoms with E-state index in [0.29, 0.717) is 24.5 Å². The fourth-order valence-corrected chi connectivity index (χ4v) is 2.48. The van der Waals surface area contributed by atoms with Crippen LogP contribution in [0.3, 0.4) is 0 Å². The molecule has 1 aliphatic heterocycles. The highest BCUT2D eigenvalue weighted by Crippen LogP contribution is 2.13. The number of H-pyrrole nitrogens is 1. The summed E-state index contributed by atoms with van der Waals surface area (Å²) in [5, 5.41) is 16.3. The van der Waals surface area contributed by atoms with Gasteiger partial charge in [-0.2, -0.15) is 5.21 Å². The first-order valence-electron chi connectivity index (χ1n) is 7.72. The van der Waals surface area contributed by atoms with Gasteiger partial charge in [-0.25, -0.2) is 0 Å². The second-order valence-corrected chi connectivity index (χ2v) is 5.68. The highest BCUT2D eigenvalue weighted by molar-refractivity contribution is 5.96. The maximum Gasteiger partial charge on any atom is 0.251 e. The predicted octanol–water partition coefficient (Wildman–Crippen LogP) is -0.629. The van der Waals surface area contributed by atoms with E-state index in [0.717, 1.165) is 18.7 Å². The SMILES string of the molecule is CN1CCN(C(=O)CNC(=O)c2ccc(-c3nn[nH]n3)cc2)CC1. The van der Waals surface area contributed by atoms with Crippen molar-refractivity contribution >= 4 is 11.8 Å². The fourth-order valence-electron chi connectivity index (χ4n) is 2.48. The Morgan fingerprint density at radius 3 is 2.50 bits per heavy atom. The van der Waals surface area contributed by atoms with E-state index in [-0.39, 0.29) is 18.4 Å². The standard InChI is InChI=1S/C15H19N7O2/c1-21-6-8-22(9-7-21)13(23)10-16-15(24)12-4-2-11(3-5-12)14-17-19-20-18-14/h2-5H,6-10H2,1H3,(H,16,24)(H,17,18,19,20). The van der Waals surface area contributed by atoms with Gasteiger partial charge in [0.1, 0.15) is 0 Å². The van der Waals surface area contributed by atoms with Crippen molar-refractivity contribution < 1.29 is 9.59 Å². The first-order valence-corrected chi connectivity index (χ1v) is 7.72. The minimum atomic E-state index is -0.280. The van der Waals surface area contributed by atoms with Gasteiger partial charge in [-0.05, 0) is 24.4 Å². The van der Waals surface area contributed by atoms with Gasteiger partial charge in [0.05, 0.1) is 6.54 Å². The molecule has 9 nitrogen and oxygen atoms in total. The van der Waals surface area contributed by atoms with Crippen molar-refractivity contribution in [1.82, 2.24) is 35.7 Å². The van der Waals surface area contributed by atoms with E-state index in [1.165, 1.54) is 0 Å². The summed E-state index contributed by atoms with van der Waals surface area (Å²) in [7, 11) is 2.03. The van der Waals surface area contributed by atoms with Crippen LogP contribution < -0.4 is 5.32 Å². The number of amides is 2. The second-order valence-electron chi connectivity index (χ2n) is 5.68. The fraction of sp³-hybridized carbons (Fsp3) is 0.400. The summed E-state index contributed by atoms with van der Waals surface area (Å²) >= 11 is 0. The van der Waals surface area contributed by atoms with Crippen LogP contribution in [0.1, 0.15) is 10.4 Å². The minimum absolute atomic E-state index is 0.00907. The number of benzene rings is 1. The average Bonchev–Trinajstić information content (AvgIpc) is 3.15. The Morgan fingerprint density at radius 2 is 1.88 bits per heavy atom. The molecule has 2 aromatic rings. The molecule has 2 amide bonds. The van der Waals surface area contributed by atoms with Crippen molar-refractivity contribution in [3.63, 3.8) is 0 Å². The third-order valence-electron chi connectivity index (χ3n) is 4.01. The van der Waals surface area contributed by atoms with Crippen LogP contribution in [-0.4, -0.2) is 82.0 Å². The monoisotopic (exact) mass is 329 g/mol. The molecular formula is C15H19N7O2. The number of carbonyl (C=O) groups excluding carboxylic acids is 2. The highest BCUT2D eigenvalue weighted by atomic mass is 16.2. The van der Waals surface area contributed by atoms with Gasteiger partial charge < -0.3 is 15.1 Å². The highest BCUT2D eigenvalue weighted by Gasteiger charge is 2.19. The molecule has 0 atom stereocenters. The number of rotatable bonds is 4. The van der Waals surface area contributed by atoms with Crippen molar-refractivity contribution in [2.45, 2.75) is 0 Å². The summed E-state index contributed by atoms with van der Waals surface area (Å²) in [5.41, 5.74) is 1.24. The number of carbonyl (C=O) groups is 2. The summed E-state index contributed by atoms with van der Waals surface area (Å²) in [6.07, 6.45) is 0. The molecule has 1 aromatic carbocycles. The van der Waals surface area contributed by atoms with E-state index in [1.54, 1.807) is 29.2 Å². The molecule has 0 radical (unpaired) electrons. The van der Waals surface area contributed by atoms with Crippen LogP contribution in [0.2, 0.25) is 0 Å². The molecule has 0 bridgehead atoms. The number of nitrogens with zero attached hydrogens (tertiary/aromatic N) is 5. The summed E-state index contributed by atoms with van der Waals surface area (Å²) in [4.78, 5) is 28.2. The van der Waals surface area contributed by atoms with Gasteiger partial charge in [0.25, 0.3) is 5.91 Å². The first-order chi connectivity index (χ1) is 11.6. The Kier molecular flexibility index (Phi) is 4.80. The molecule has 1 saturated heterocycles. The molecule has 1 aromatic heterocycles. The van der Waals surface area contributed by atoms with Gasteiger partial charge in [0.15, 0.2) is 0 Å². The number of hydrogen-bond donors (Lipinski definition) is 2. The third kappa shape index (κ3) is 3.74. The molecule has 3 rings (SSSR count). The normalized spacial score (nSPS) is 15.3. The van der Waals surface area contributed by atoms with Crippen molar-refractivity contribution in [2.24, 2.45) is 0 Å². The van der Waals surface area contributed by atoms with Crippen LogP contribution in [-0.2, 0) is 4.79 Å². The molecule has 2 N–H and O–H groups in total. The van der Waals surface area contributed by atoms with Gasteiger partial charge in [-0.15, -0.1) is 10.2 Å². The maximum atomic E-state index is 12.1. The average molecular weight is 329 g/mol. The van der Waals surface area contributed by atoms with E-state index < -0.39 is 0 Å². The van der Waals surface area contributed by atoms with Gasteiger partial charge in [-0.3, -0.25) is 9.59 Å². The molecule has 1 aliphatic rings. The Bertz CT molecular complexity index is 691. The van der Waals surface area contributed by atoms with Crippen LogP contribution in [0.5, 0.6) is 0 Å². The summed E-state index contributed by atoms with van der Waals surface area (Å²) in [5.74, 6) is 0.129. The molecule has 2 heterocycles. The van der Waals surface area contributed by atoms with Crippen LogP contribution in [0, 0.1) is 0 Å². The Hall–Kier alpha value is -2.81. The molecule has 0 aliphatic carbocycles. The first kappa shape index (κ1) is 16.1. The zero-order valence-corrected chi connectivity index (χ0v) is 13.4. The van der Waals surface area contributed by atoms with Crippen molar-refractivity contribution in [1.29, 1.82) is 0 Å². The van der Waals surface area contributed by atoms with Crippen LogP contribution in [0.25, 0.3) is 11.4 Å². The molecule has 24 heavy (non-hydrogen) atoms. The number of likely N-dealkylation sites (N-methyl/N-ethyl adjacent to an activating group) is 1. The van der Waals surface area contributed by atoms with Gasteiger partial charge >= 0.3 is 0 Å². The minimum Gasteiger partial charge on any atom is -0.343 e. The maximum absolute atomic E-state index is 12.1. The molecule has 0 spiro atoms. The number of aromatic amines is 1. The molecule has 9 heteroatoms. The summed E-state index contributed by atoms with van der Waals surface area (Å²) in [6.45, 7) is 3.12. The number of piperazine rings is 1. The predicted molar refractivity (Wildman–Crippen MR) is 86.0 cm³/mol. The third-order valence-corrected chi connectivity index (χ3v) is 4.01. The van der Waals surface area contributed by atoms with Crippen molar-refractivity contribution in [2.75, 3.05) is 39.8 Å². The number of tetrazole rings is 1. The van der Waals surface area contributed by atoms with Gasteiger partial charge in [-0.1, -0.05) is 12.1 Å². The molecule has 126 valence electrons. The lowest BCUT2D eigenvalue weighted by molar-refractivity contribution is -0.131. The number of hydrogen-bond acceptors (Lipinski definition) is 6. The lowest BCUT2D eigenvalue weighted by Gasteiger charge is -2.32. The quantitative estimate of drug-likeness (QED) is 0.773. The molecular weight excluding hydrogens is 310 g/mol. The molecule has 1 fully saturated rings. The van der Waals surface area contributed by atoms with E-state index in [1.807, 2.05) is 7.05 Å². The van der Waals surface area contributed by atoms with E-state index in [2.05, 4.69) is 30.8 Å². The van der Waals surface area contributed by atoms with Gasteiger partial charge in [0, 0.05) is 37.3 Å². The van der Waals surface area contributed by atoms with E-state index in [9.17, 15) is 9.59 Å². The molecule has 0 saturated carbocycles. The Morgan fingerprint density at radius 1 is 1.17 bits per heavy atom. The lowest BCUT2D eigenvalue weighted by atomic mass is 10.1. The summed E-state index contributed by atoms with van der Waals surface area (Å²) < 4.78 is 0. The largest absolute Gasteiger partial charge is 0.343 e. The van der Waals surface area contributed by atoms with Crippen molar-refractivity contribution in [3.8, 4) is 11.4 Å². The number of aromatic nitrogens is 4. The molecule has 0 unspecified atom stereocenters. The smallest absolute Gasteiger partial charge is 0.251 e. The van der Waals surface area contributed by atoms with Crippen LogP contribution in [0.4, 0.5) is 0 Å². The van der Waals surface area contributed by atoms with Crippen molar-refractivity contribution in [3.05, 3.63) is 29.8 Å². The number of nitrogens with one attached hydrogen (secondary N) is 2. The topological polar surface area (TPSA) is 107 Å². The van der Waals surface area contributed by atoms with Crippen LogP contribution >= 0.6 is 0 Å². The van der Waals surface area contributed by atoms with Crippen LogP contribution in [0.15, 0.2) is 24.3 Å². The summed E-state index contributed by atoms with van der Waals surface area (Å²) in [6, 6.07) is 6.81. The Labute approximate surface area is 139 Å². The second kappa shape index (κ2) is 7.18.